The summed E-state index contributed by atoms with van der Waals surface area (Å²) in [4.78, 5) is 12.8. The highest BCUT2D eigenvalue weighted by molar-refractivity contribution is 7.89. The van der Waals surface area contributed by atoms with Crippen molar-refractivity contribution in [1.29, 1.82) is 0 Å². The SMILES string of the molecule is COc1cnccc1-c1nc(Nc2cccc(S(N)(=O)=O)c2)ncc1C. The van der Waals surface area contributed by atoms with Crippen LogP contribution in [0.3, 0.4) is 0 Å². The summed E-state index contributed by atoms with van der Waals surface area (Å²) in [5.74, 6) is 0.910. The summed E-state index contributed by atoms with van der Waals surface area (Å²) in [6, 6.07) is 7.93. The van der Waals surface area contributed by atoms with E-state index in [0.29, 0.717) is 23.1 Å². The number of methoxy groups -OCH3 is 1. The highest BCUT2D eigenvalue weighted by Gasteiger charge is 2.13. The second-order valence-electron chi connectivity index (χ2n) is 5.50. The molecule has 2 heterocycles. The number of hydrogen-bond acceptors (Lipinski definition) is 7. The topological polar surface area (TPSA) is 120 Å². The molecule has 0 radical (unpaired) electrons. The zero-order chi connectivity index (χ0) is 18.7. The van der Waals surface area contributed by atoms with Gasteiger partial charge in [0.05, 0.1) is 23.9 Å². The Kier molecular flexibility index (Phi) is 4.83. The first-order chi connectivity index (χ1) is 12.4. The van der Waals surface area contributed by atoms with Crippen LogP contribution in [0.15, 0.2) is 53.8 Å². The number of nitrogens with zero attached hydrogens (tertiary/aromatic N) is 3. The maximum atomic E-state index is 11.5. The predicted molar refractivity (Wildman–Crippen MR) is 97.6 cm³/mol. The first-order valence-corrected chi connectivity index (χ1v) is 9.15. The number of primary sulfonamides is 1. The Morgan fingerprint density at radius 2 is 2.00 bits per heavy atom. The zero-order valence-electron chi connectivity index (χ0n) is 14.2. The number of ether oxygens (including phenoxy) is 1. The lowest BCUT2D eigenvalue weighted by Crippen LogP contribution is -2.12. The maximum absolute atomic E-state index is 11.5. The molecule has 0 saturated carbocycles. The Morgan fingerprint density at radius 1 is 1.19 bits per heavy atom. The number of aromatic nitrogens is 3. The van der Waals surface area contributed by atoms with Crippen molar-refractivity contribution in [3.05, 3.63) is 54.5 Å². The molecule has 0 unspecified atom stereocenters. The van der Waals surface area contributed by atoms with E-state index in [2.05, 4.69) is 20.3 Å². The third-order valence-electron chi connectivity index (χ3n) is 3.65. The third kappa shape index (κ3) is 3.79. The number of hydrogen-bond donors (Lipinski definition) is 2. The molecular formula is C17H17N5O3S. The molecule has 8 nitrogen and oxygen atoms in total. The van der Waals surface area contributed by atoms with Crippen molar-refractivity contribution in [2.75, 3.05) is 12.4 Å². The molecule has 0 aliphatic carbocycles. The third-order valence-corrected chi connectivity index (χ3v) is 4.56. The Bertz CT molecular complexity index is 1050. The van der Waals surface area contributed by atoms with Crippen molar-refractivity contribution in [3.63, 3.8) is 0 Å². The monoisotopic (exact) mass is 371 g/mol. The van der Waals surface area contributed by atoms with E-state index in [9.17, 15) is 8.42 Å². The van der Waals surface area contributed by atoms with Gasteiger partial charge in [-0.05, 0) is 36.8 Å². The summed E-state index contributed by atoms with van der Waals surface area (Å²) >= 11 is 0. The lowest BCUT2D eigenvalue weighted by Gasteiger charge is -2.12. The van der Waals surface area contributed by atoms with Crippen molar-refractivity contribution in [2.45, 2.75) is 11.8 Å². The van der Waals surface area contributed by atoms with Crippen LogP contribution in [0, 0.1) is 6.92 Å². The van der Waals surface area contributed by atoms with E-state index in [4.69, 9.17) is 9.88 Å². The molecule has 3 rings (SSSR count). The average Bonchev–Trinajstić information content (AvgIpc) is 2.63. The lowest BCUT2D eigenvalue weighted by molar-refractivity contribution is 0.414. The standard InChI is InChI=1S/C17H17N5O3S/c1-11-9-20-17(21-12-4-3-5-13(8-12)26(18,23)24)22-16(11)14-6-7-19-10-15(14)25-2/h3-10H,1-2H3,(H2,18,23,24)(H,20,21,22). The smallest absolute Gasteiger partial charge is 0.238 e. The fourth-order valence-electron chi connectivity index (χ4n) is 2.39. The molecule has 26 heavy (non-hydrogen) atoms. The summed E-state index contributed by atoms with van der Waals surface area (Å²) in [6.45, 7) is 1.89. The van der Waals surface area contributed by atoms with E-state index >= 15 is 0 Å². The van der Waals surface area contributed by atoms with Crippen LogP contribution in [0.4, 0.5) is 11.6 Å². The number of nitrogens with two attached hydrogens (primary N) is 1. The summed E-state index contributed by atoms with van der Waals surface area (Å²) in [7, 11) is -2.22. The minimum absolute atomic E-state index is 0.00522. The molecule has 1 aromatic carbocycles. The Hall–Kier alpha value is -3.04. The van der Waals surface area contributed by atoms with Crippen LogP contribution < -0.4 is 15.2 Å². The average molecular weight is 371 g/mol. The van der Waals surface area contributed by atoms with E-state index in [1.54, 1.807) is 43.9 Å². The Balaban J connectivity index is 1.99. The van der Waals surface area contributed by atoms with Gasteiger partial charge in [-0.1, -0.05) is 6.07 Å². The molecule has 0 spiro atoms. The molecule has 0 fully saturated rings. The number of rotatable bonds is 5. The molecule has 0 atom stereocenters. The predicted octanol–water partition coefficient (Wildman–Crippen LogP) is 2.25. The number of aryl methyl sites for hydroxylation is 1. The molecule has 9 heteroatoms. The first kappa shape index (κ1) is 17.8. The van der Waals surface area contributed by atoms with Crippen molar-refractivity contribution in [3.8, 4) is 17.0 Å². The highest BCUT2D eigenvalue weighted by atomic mass is 32.2. The molecule has 0 aliphatic heterocycles. The van der Waals surface area contributed by atoms with E-state index in [-0.39, 0.29) is 4.90 Å². The Morgan fingerprint density at radius 3 is 2.73 bits per heavy atom. The van der Waals surface area contributed by atoms with Crippen molar-refractivity contribution < 1.29 is 13.2 Å². The summed E-state index contributed by atoms with van der Waals surface area (Å²) < 4.78 is 28.3. The fourth-order valence-corrected chi connectivity index (χ4v) is 2.95. The highest BCUT2D eigenvalue weighted by Crippen LogP contribution is 2.30. The lowest BCUT2D eigenvalue weighted by atomic mass is 10.1. The number of pyridine rings is 1. The second kappa shape index (κ2) is 7.06. The van der Waals surface area contributed by atoms with Gasteiger partial charge in [-0.15, -0.1) is 0 Å². The number of anilines is 2. The van der Waals surface area contributed by atoms with Crippen LogP contribution in [0.1, 0.15) is 5.56 Å². The molecular weight excluding hydrogens is 354 g/mol. The molecule has 0 amide bonds. The first-order valence-electron chi connectivity index (χ1n) is 7.60. The second-order valence-corrected chi connectivity index (χ2v) is 7.06. The van der Waals surface area contributed by atoms with Gasteiger partial charge in [0, 0.05) is 23.6 Å². The van der Waals surface area contributed by atoms with Crippen LogP contribution in [0.2, 0.25) is 0 Å². The van der Waals surface area contributed by atoms with Gasteiger partial charge in [0.25, 0.3) is 0 Å². The number of benzene rings is 1. The fraction of sp³-hybridized carbons (Fsp3) is 0.118. The van der Waals surface area contributed by atoms with Crippen LogP contribution in [-0.2, 0) is 10.0 Å². The maximum Gasteiger partial charge on any atom is 0.238 e. The van der Waals surface area contributed by atoms with Gasteiger partial charge < -0.3 is 10.1 Å². The summed E-state index contributed by atoms with van der Waals surface area (Å²) in [6.07, 6.45) is 4.94. The zero-order valence-corrected chi connectivity index (χ0v) is 15.0. The van der Waals surface area contributed by atoms with Gasteiger partial charge in [-0.3, -0.25) is 4.98 Å². The van der Waals surface area contributed by atoms with Crippen LogP contribution >= 0.6 is 0 Å². The van der Waals surface area contributed by atoms with Gasteiger partial charge in [-0.25, -0.2) is 23.5 Å². The number of sulfonamides is 1. The minimum atomic E-state index is -3.79. The van der Waals surface area contributed by atoms with Crippen molar-refractivity contribution in [1.82, 2.24) is 15.0 Å². The molecule has 3 aromatic rings. The van der Waals surface area contributed by atoms with E-state index in [1.165, 1.54) is 12.1 Å². The van der Waals surface area contributed by atoms with E-state index in [0.717, 1.165) is 11.1 Å². The number of nitrogens with one attached hydrogen (secondary N) is 1. The van der Waals surface area contributed by atoms with Gasteiger partial charge in [0.1, 0.15) is 5.75 Å². The summed E-state index contributed by atoms with van der Waals surface area (Å²) in [5.41, 5.74) is 2.83. The van der Waals surface area contributed by atoms with Gasteiger partial charge >= 0.3 is 0 Å². The van der Waals surface area contributed by atoms with E-state index in [1.807, 2.05) is 6.92 Å². The molecule has 0 bridgehead atoms. The van der Waals surface area contributed by atoms with Crippen LogP contribution in [-0.4, -0.2) is 30.5 Å². The molecule has 0 aliphatic rings. The van der Waals surface area contributed by atoms with Crippen molar-refractivity contribution >= 4 is 21.7 Å². The van der Waals surface area contributed by atoms with Gasteiger partial charge in [0.2, 0.25) is 16.0 Å². The van der Waals surface area contributed by atoms with Crippen LogP contribution in [0.5, 0.6) is 5.75 Å². The normalized spacial score (nSPS) is 11.2. The molecule has 134 valence electrons. The van der Waals surface area contributed by atoms with Gasteiger partial charge in [0.15, 0.2) is 0 Å². The Labute approximate surface area is 151 Å². The molecule has 2 aromatic heterocycles. The quantitative estimate of drug-likeness (QED) is 0.705. The van der Waals surface area contributed by atoms with Crippen LogP contribution in [0.25, 0.3) is 11.3 Å². The molecule has 3 N–H and O–H groups in total. The van der Waals surface area contributed by atoms with E-state index < -0.39 is 10.0 Å². The van der Waals surface area contributed by atoms with Crippen molar-refractivity contribution in [2.24, 2.45) is 5.14 Å². The molecule has 0 saturated heterocycles. The van der Waals surface area contributed by atoms with Gasteiger partial charge in [-0.2, -0.15) is 0 Å². The minimum Gasteiger partial charge on any atom is -0.494 e. The summed E-state index contributed by atoms with van der Waals surface area (Å²) in [5, 5.41) is 8.16. The largest absolute Gasteiger partial charge is 0.494 e.